The summed E-state index contributed by atoms with van der Waals surface area (Å²) in [6.07, 6.45) is -1.13. The lowest BCUT2D eigenvalue weighted by atomic mass is 10.2. The number of aliphatic hydroxyl groups is 3. The lowest BCUT2D eigenvalue weighted by Crippen LogP contribution is -2.20. The molecule has 3 N–H and O–H groups in total. The Kier molecular flexibility index (Phi) is 5.18. The van der Waals surface area contributed by atoms with E-state index in [-0.39, 0.29) is 5.76 Å². The molecule has 0 aromatic rings. The molecule has 0 fully saturated rings. The minimum absolute atomic E-state index is 0.103. The highest BCUT2D eigenvalue weighted by molar-refractivity contribution is 5.06. The lowest BCUT2D eigenvalue weighted by molar-refractivity contribution is -0.0854. The van der Waals surface area contributed by atoms with Crippen molar-refractivity contribution in [2.45, 2.75) is 32.2 Å². The van der Waals surface area contributed by atoms with Crippen LogP contribution in [-0.2, 0) is 4.74 Å². The molecule has 13 heavy (non-hydrogen) atoms. The molecule has 0 rings (SSSR count). The molecule has 0 aromatic carbocycles. The van der Waals surface area contributed by atoms with Gasteiger partial charge >= 0.3 is 0 Å². The fourth-order valence-electron chi connectivity index (χ4n) is 0.731. The molecule has 0 spiro atoms. The summed E-state index contributed by atoms with van der Waals surface area (Å²) in [6, 6.07) is 0. The second-order valence-electron chi connectivity index (χ2n) is 2.72. The third-order valence-electron chi connectivity index (χ3n) is 1.44. The van der Waals surface area contributed by atoms with Gasteiger partial charge in [0.2, 0.25) is 0 Å². The summed E-state index contributed by atoms with van der Waals surface area (Å²) in [4.78, 5) is 0. The van der Waals surface area contributed by atoms with Crippen LogP contribution in [-0.4, -0.2) is 27.7 Å². The van der Waals surface area contributed by atoms with Crippen LogP contribution >= 0.6 is 0 Å². The van der Waals surface area contributed by atoms with Gasteiger partial charge in [-0.25, -0.2) is 0 Å². The third-order valence-corrected chi connectivity index (χ3v) is 1.44. The molecular formula is C9H16O4. The van der Waals surface area contributed by atoms with Crippen LogP contribution in [0.2, 0.25) is 0 Å². The Labute approximate surface area is 77.8 Å². The molecule has 0 aromatic heterocycles. The van der Waals surface area contributed by atoms with Crippen molar-refractivity contribution in [1.29, 1.82) is 0 Å². The molecule has 0 aliphatic heterocycles. The first-order chi connectivity index (χ1) is 5.99. The van der Waals surface area contributed by atoms with E-state index in [0.717, 1.165) is 6.42 Å². The molecule has 2 unspecified atom stereocenters. The molecule has 0 aliphatic carbocycles. The van der Waals surface area contributed by atoms with Crippen LogP contribution in [0.1, 0.15) is 19.8 Å². The van der Waals surface area contributed by atoms with Gasteiger partial charge < -0.3 is 20.1 Å². The molecule has 0 amide bonds. The zero-order valence-corrected chi connectivity index (χ0v) is 7.73. The van der Waals surface area contributed by atoms with Crippen molar-refractivity contribution in [3.63, 3.8) is 0 Å². The summed E-state index contributed by atoms with van der Waals surface area (Å²) < 4.78 is 4.80. The maximum absolute atomic E-state index is 9.14. The highest BCUT2D eigenvalue weighted by Gasteiger charge is 2.15. The lowest BCUT2D eigenvalue weighted by Gasteiger charge is -2.17. The van der Waals surface area contributed by atoms with Crippen LogP contribution in [0.4, 0.5) is 0 Å². The Balaban J connectivity index is 3.92. The Morgan fingerprint density at radius 3 is 2.31 bits per heavy atom. The number of hydrogen-bond donors (Lipinski definition) is 3. The number of rotatable bonds is 6. The smallest absolute Gasteiger partial charge is 0.196 e. The van der Waals surface area contributed by atoms with Crippen LogP contribution in [0.5, 0.6) is 0 Å². The monoisotopic (exact) mass is 188 g/mol. The normalized spacial score (nSPS) is 14.7. The van der Waals surface area contributed by atoms with Gasteiger partial charge in [-0.1, -0.05) is 26.5 Å². The molecule has 0 bridgehead atoms. The van der Waals surface area contributed by atoms with Gasteiger partial charge in [0.1, 0.15) is 11.5 Å². The standard InChI is InChI=1S/C9H16O4/c1-4-5-8(11)13-7(3)9(12)6(2)10/h8-12H,2-5H2,1H3. The van der Waals surface area contributed by atoms with Crippen molar-refractivity contribution in [2.24, 2.45) is 0 Å². The van der Waals surface area contributed by atoms with Gasteiger partial charge in [-0.3, -0.25) is 0 Å². The van der Waals surface area contributed by atoms with Crippen LogP contribution < -0.4 is 0 Å². The van der Waals surface area contributed by atoms with Gasteiger partial charge in [0.05, 0.1) is 0 Å². The van der Waals surface area contributed by atoms with E-state index >= 15 is 0 Å². The Morgan fingerprint density at radius 1 is 1.38 bits per heavy atom. The summed E-state index contributed by atoms with van der Waals surface area (Å²) in [5, 5.41) is 27.0. The molecule has 0 heterocycles. The molecule has 0 radical (unpaired) electrons. The van der Waals surface area contributed by atoms with E-state index in [1.54, 1.807) is 0 Å². The van der Waals surface area contributed by atoms with E-state index in [4.69, 9.17) is 20.1 Å². The van der Waals surface area contributed by atoms with E-state index in [1.165, 1.54) is 0 Å². The van der Waals surface area contributed by atoms with E-state index in [9.17, 15) is 0 Å². The van der Waals surface area contributed by atoms with Gasteiger partial charge in [-0.2, -0.15) is 0 Å². The largest absolute Gasteiger partial charge is 0.510 e. The predicted molar refractivity (Wildman–Crippen MR) is 48.9 cm³/mol. The van der Waals surface area contributed by atoms with Gasteiger partial charge in [-0.15, -0.1) is 0 Å². The first-order valence-electron chi connectivity index (χ1n) is 4.08. The van der Waals surface area contributed by atoms with Gasteiger partial charge in [-0.05, 0) is 0 Å². The fourth-order valence-corrected chi connectivity index (χ4v) is 0.731. The highest BCUT2D eigenvalue weighted by Crippen LogP contribution is 2.11. The maximum atomic E-state index is 9.14. The summed E-state index contributed by atoms with van der Waals surface area (Å²) in [5.41, 5.74) is 0. The molecule has 2 atom stereocenters. The number of ether oxygens (including phenoxy) is 1. The Hall–Kier alpha value is -1.00. The van der Waals surface area contributed by atoms with Crippen molar-refractivity contribution >= 4 is 0 Å². The van der Waals surface area contributed by atoms with Gasteiger partial charge in [0.25, 0.3) is 0 Å². The topological polar surface area (TPSA) is 69.9 Å². The average molecular weight is 188 g/mol. The molecule has 0 saturated carbocycles. The first-order valence-corrected chi connectivity index (χ1v) is 4.08. The molecule has 4 nitrogen and oxygen atoms in total. The van der Waals surface area contributed by atoms with Gasteiger partial charge in [0.15, 0.2) is 12.4 Å². The van der Waals surface area contributed by atoms with E-state index in [0.29, 0.717) is 6.42 Å². The fraction of sp³-hybridized carbons (Fsp3) is 0.556. The van der Waals surface area contributed by atoms with Crippen LogP contribution in [0, 0.1) is 0 Å². The number of aliphatic hydroxyl groups excluding tert-OH is 3. The Morgan fingerprint density at radius 2 is 1.92 bits per heavy atom. The van der Waals surface area contributed by atoms with Crippen molar-refractivity contribution < 1.29 is 20.1 Å². The zero-order chi connectivity index (χ0) is 10.4. The molecule has 0 aliphatic rings. The maximum Gasteiger partial charge on any atom is 0.196 e. The number of hydrogen-bond acceptors (Lipinski definition) is 4. The average Bonchev–Trinajstić information content (AvgIpc) is 2.03. The minimum atomic E-state index is -1.34. The Bertz CT molecular complexity index is 188. The van der Waals surface area contributed by atoms with E-state index in [1.807, 2.05) is 6.92 Å². The summed E-state index contributed by atoms with van der Waals surface area (Å²) >= 11 is 0. The van der Waals surface area contributed by atoms with Crippen LogP contribution in [0.3, 0.4) is 0 Å². The van der Waals surface area contributed by atoms with Crippen LogP contribution in [0.25, 0.3) is 0 Å². The second-order valence-corrected chi connectivity index (χ2v) is 2.72. The second kappa shape index (κ2) is 5.61. The zero-order valence-electron chi connectivity index (χ0n) is 7.73. The molecule has 4 heteroatoms. The van der Waals surface area contributed by atoms with Gasteiger partial charge in [0, 0.05) is 6.42 Å². The van der Waals surface area contributed by atoms with E-state index < -0.39 is 18.2 Å². The van der Waals surface area contributed by atoms with E-state index in [2.05, 4.69) is 13.2 Å². The SMILES string of the molecule is C=C(O)C(O)C(=C)OC(O)CCC. The molecule has 76 valence electrons. The summed E-state index contributed by atoms with van der Waals surface area (Å²) in [5.74, 6) is -0.554. The van der Waals surface area contributed by atoms with Crippen LogP contribution in [0.15, 0.2) is 24.7 Å². The summed E-state index contributed by atoms with van der Waals surface area (Å²) in [7, 11) is 0. The highest BCUT2D eigenvalue weighted by atomic mass is 16.6. The predicted octanol–water partition coefficient (Wildman–Crippen LogP) is 1.07. The van der Waals surface area contributed by atoms with Crippen molar-refractivity contribution in [3.8, 4) is 0 Å². The first kappa shape index (κ1) is 12.0. The third kappa shape index (κ3) is 4.55. The minimum Gasteiger partial charge on any atom is -0.510 e. The molecule has 0 saturated heterocycles. The van der Waals surface area contributed by atoms with Crippen molar-refractivity contribution in [2.75, 3.05) is 0 Å². The summed E-state index contributed by atoms with van der Waals surface area (Å²) in [6.45, 7) is 8.34. The molecular weight excluding hydrogens is 172 g/mol. The van der Waals surface area contributed by atoms with Crippen molar-refractivity contribution in [1.82, 2.24) is 0 Å². The quantitative estimate of drug-likeness (QED) is 0.430. The van der Waals surface area contributed by atoms with Crippen molar-refractivity contribution in [3.05, 3.63) is 24.7 Å².